The summed E-state index contributed by atoms with van der Waals surface area (Å²) in [7, 11) is 2.99. The number of ketones is 1. The highest BCUT2D eigenvalue weighted by Crippen LogP contribution is 2.64. The Hall–Kier alpha value is -1.73. The maximum Gasteiger partial charge on any atom is 0.314 e. The first kappa shape index (κ1) is 23.9. The number of aliphatic hydroxyl groups excluding tert-OH is 2. The molecule has 0 spiro atoms. The van der Waals surface area contributed by atoms with Crippen molar-refractivity contribution in [1.29, 1.82) is 0 Å². The van der Waals surface area contributed by atoms with Crippen molar-refractivity contribution >= 4 is 17.7 Å². The number of methoxy groups -OCH3 is 1. The number of allylic oxidation sites excluding steroid dienone is 1. The molecule has 1 amide bonds. The van der Waals surface area contributed by atoms with Gasteiger partial charge in [0.05, 0.1) is 25.2 Å². The summed E-state index contributed by atoms with van der Waals surface area (Å²) in [6.07, 6.45) is 3.86. The van der Waals surface area contributed by atoms with E-state index < -0.39 is 17.5 Å². The fraction of sp³-hybridized carbons (Fsp3) is 0.792. The van der Waals surface area contributed by atoms with Crippen LogP contribution < -0.4 is 0 Å². The average Bonchev–Trinajstić information content (AvgIpc) is 2.74. The first-order valence-electron chi connectivity index (χ1n) is 11.4. The first-order chi connectivity index (χ1) is 14.5. The lowest BCUT2D eigenvalue weighted by molar-refractivity contribution is -0.197. The van der Waals surface area contributed by atoms with Gasteiger partial charge in [-0.25, -0.2) is 0 Å². The maximum atomic E-state index is 13.4. The fourth-order valence-electron chi connectivity index (χ4n) is 6.85. The van der Waals surface area contributed by atoms with E-state index in [1.54, 1.807) is 20.0 Å². The normalized spacial score (nSPS) is 41.3. The van der Waals surface area contributed by atoms with Crippen molar-refractivity contribution in [3.05, 3.63) is 11.6 Å². The number of carbonyl (C=O) groups excluding carboxylic acids is 3. The summed E-state index contributed by atoms with van der Waals surface area (Å²) < 4.78 is 5.07. The van der Waals surface area contributed by atoms with Crippen LogP contribution in [-0.4, -0.2) is 66.2 Å². The van der Waals surface area contributed by atoms with Crippen LogP contribution in [-0.2, 0) is 19.1 Å². The van der Waals surface area contributed by atoms with Gasteiger partial charge in [0.15, 0.2) is 0 Å². The van der Waals surface area contributed by atoms with Crippen molar-refractivity contribution < 1.29 is 29.3 Å². The van der Waals surface area contributed by atoms with Crippen LogP contribution in [0.4, 0.5) is 0 Å². The van der Waals surface area contributed by atoms with E-state index in [0.717, 1.165) is 24.8 Å². The molecule has 7 heteroatoms. The van der Waals surface area contributed by atoms with Gasteiger partial charge in [0.25, 0.3) is 0 Å². The van der Waals surface area contributed by atoms with Crippen LogP contribution in [0.1, 0.15) is 52.9 Å². The summed E-state index contributed by atoms with van der Waals surface area (Å²) in [6.45, 7) is 6.15. The van der Waals surface area contributed by atoms with Crippen LogP contribution in [0.5, 0.6) is 0 Å². The largest absolute Gasteiger partial charge is 0.469 e. The number of ether oxygens (including phenoxy) is 1. The fourth-order valence-corrected chi connectivity index (χ4v) is 6.85. The van der Waals surface area contributed by atoms with Crippen LogP contribution in [0.2, 0.25) is 0 Å². The second kappa shape index (κ2) is 8.66. The second-order valence-electron chi connectivity index (χ2n) is 10.2. The monoisotopic (exact) mass is 435 g/mol. The zero-order valence-electron chi connectivity index (χ0n) is 19.4. The third-order valence-electron chi connectivity index (χ3n) is 8.84. The Labute approximate surface area is 184 Å². The number of rotatable bonds is 4. The highest BCUT2D eigenvalue weighted by molar-refractivity contribution is 5.89. The minimum absolute atomic E-state index is 0.0493. The van der Waals surface area contributed by atoms with Crippen LogP contribution >= 0.6 is 0 Å². The zero-order chi connectivity index (χ0) is 23.1. The van der Waals surface area contributed by atoms with Crippen molar-refractivity contribution in [2.75, 3.05) is 27.3 Å². The lowest BCUT2D eigenvalue weighted by atomic mass is 9.42. The molecule has 3 saturated carbocycles. The van der Waals surface area contributed by atoms with Crippen molar-refractivity contribution in [2.24, 2.45) is 34.5 Å². The zero-order valence-corrected chi connectivity index (χ0v) is 19.4. The Balaban J connectivity index is 1.92. The number of Topliss-reactive ketones (excluding diaryl/α,β-unsaturated/α-hetero) is 1. The molecule has 3 rings (SSSR count). The number of likely N-dealkylation sites (N-methyl/N-ethyl adjacent to an activating group) is 1. The number of fused-ring (bicyclic) bond motifs is 3. The van der Waals surface area contributed by atoms with Crippen molar-refractivity contribution in [1.82, 2.24) is 4.90 Å². The Morgan fingerprint density at radius 2 is 1.97 bits per heavy atom. The second-order valence-corrected chi connectivity index (χ2v) is 10.2. The molecule has 0 aromatic rings. The Morgan fingerprint density at radius 1 is 1.29 bits per heavy atom. The van der Waals surface area contributed by atoms with E-state index in [1.807, 2.05) is 6.92 Å². The van der Waals surface area contributed by atoms with Gasteiger partial charge in [0, 0.05) is 32.0 Å². The molecule has 31 heavy (non-hydrogen) atoms. The topological polar surface area (TPSA) is 104 Å². The third-order valence-corrected chi connectivity index (χ3v) is 8.84. The lowest BCUT2D eigenvalue weighted by Gasteiger charge is -2.61. The predicted molar refractivity (Wildman–Crippen MR) is 115 cm³/mol. The summed E-state index contributed by atoms with van der Waals surface area (Å²) in [6, 6.07) is 0. The molecule has 0 aliphatic heterocycles. The van der Waals surface area contributed by atoms with Gasteiger partial charge >= 0.3 is 5.97 Å². The number of hydrogen-bond donors (Lipinski definition) is 2. The van der Waals surface area contributed by atoms with Crippen LogP contribution in [0.25, 0.3) is 0 Å². The molecule has 0 aromatic carbocycles. The molecule has 2 N–H and O–H groups in total. The molecule has 7 atom stereocenters. The van der Waals surface area contributed by atoms with Crippen LogP contribution in [0, 0.1) is 34.5 Å². The van der Waals surface area contributed by atoms with Crippen LogP contribution in [0.3, 0.4) is 0 Å². The van der Waals surface area contributed by atoms with Crippen molar-refractivity contribution in [2.45, 2.75) is 59.0 Å². The standard InChI is InChI=1S/C24H37NO6/c1-14-15(12-20(29)25(4)10-11-26)6-7-16-21(14)17(27)13-18-23(16,2)9-8-19(28)24(18,3)22(30)31-5/h12,14,16,18-19,21,26,28H,6-11,13H2,1-5H3/b15-12+/t14-,16+,18+,19-,21+,23+,24+/m0/s1. The molecular formula is C24H37NO6. The lowest BCUT2D eigenvalue weighted by Crippen LogP contribution is -2.63. The van der Waals surface area contributed by atoms with E-state index in [1.165, 1.54) is 12.0 Å². The summed E-state index contributed by atoms with van der Waals surface area (Å²) in [5, 5.41) is 19.9. The summed E-state index contributed by atoms with van der Waals surface area (Å²) in [5.41, 5.74) is -0.360. The number of amides is 1. The van der Waals surface area contributed by atoms with Gasteiger partial charge in [-0.05, 0) is 55.8 Å². The number of esters is 1. The Morgan fingerprint density at radius 3 is 2.58 bits per heavy atom. The number of carbonyl (C=O) groups is 3. The van der Waals surface area contributed by atoms with Crippen molar-refractivity contribution in [3.8, 4) is 0 Å². The molecule has 3 fully saturated rings. The molecule has 0 saturated heterocycles. The highest BCUT2D eigenvalue weighted by atomic mass is 16.5. The first-order valence-corrected chi connectivity index (χ1v) is 11.4. The quantitative estimate of drug-likeness (QED) is 0.517. The molecule has 0 aromatic heterocycles. The number of nitrogens with zero attached hydrogens (tertiary/aromatic N) is 1. The molecule has 0 unspecified atom stereocenters. The van der Waals surface area contributed by atoms with Crippen molar-refractivity contribution in [3.63, 3.8) is 0 Å². The Kier molecular flexibility index (Phi) is 6.68. The van der Waals surface area contributed by atoms with Gasteiger partial charge in [0.2, 0.25) is 5.91 Å². The predicted octanol–water partition coefficient (Wildman–Crippen LogP) is 1.96. The molecule has 3 aliphatic carbocycles. The van der Waals surface area contributed by atoms with Gasteiger partial charge < -0.3 is 19.8 Å². The minimum atomic E-state index is -1.09. The van der Waals surface area contributed by atoms with E-state index in [0.29, 0.717) is 6.42 Å². The van der Waals surface area contributed by atoms with Gasteiger partial charge in [-0.1, -0.05) is 19.4 Å². The summed E-state index contributed by atoms with van der Waals surface area (Å²) >= 11 is 0. The van der Waals surface area contributed by atoms with E-state index in [-0.39, 0.29) is 60.3 Å². The van der Waals surface area contributed by atoms with E-state index in [2.05, 4.69) is 6.92 Å². The van der Waals surface area contributed by atoms with E-state index >= 15 is 0 Å². The number of aliphatic hydroxyl groups is 2. The molecule has 7 nitrogen and oxygen atoms in total. The Bertz CT molecular complexity index is 778. The summed E-state index contributed by atoms with van der Waals surface area (Å²) in [5.74, 6) is -0.871. The molecular weight excluding hydrogens is 398 g/mol. The number of hydrogen-bond acceptors (Lipinski definition) is 6. The van der Waals surface area contributed by atoms with Gasteiger partial charge in [-0.3, -0.25) is 14.4 Å². The SMILES string of the molecule is COC(=O)[C@]1(C)[C@@H]2CC(=O)[C@H]3[C@@H](CC/C(=C\C(=O)N(C)CCO)[C@@H]3C)[C@@]2(C)CC[C@@H]1O. The minimum Gasteiger partial charge on any atom is -0.469 e. The van der Waals surface area contributed by atoms with Gasteiger partial charge in [-0.2, -0.15) is 0 Å². The van der Waals surface area contributed by atoms with E-state index in [9.17, 15) is 19.5 Å². The molecule has 0 bridgehead atoms. The average molecular weight is 436 g/mol. The van der Waals surface area contributed by atoms with E-state index in [4.69, 9.17) is 9.84 Å². The smallest absolute Gasteiger partial charge is 0.314 e. The highest BCUT2D eigenvalue weighted by Gasteiger charge is 2.65. The molecule has 174 valence electrons. The third kappa shape index (κ3) is 3.74. The molecule has 3 aliphatic rings. The van der Waals surface area contributed by atoms with Gasteiger partial charge in [-0.15, -0.1) is 0 Å². The van der Waals surface area contributed by atoms with Gasteiger partial charge in [0.1, 0.15) is 5.78 Å². The van der Waals surface area contributed by atoms with Crippen LogP contribution in [0.15, 0.2) is 11.6 Å². The molecule has 0 radical (unpaired) electrons. The maximum absolute atomic E-state index is 13.4. The molecule has 0 heterocycles. The summed E-state index contributed by atoms with van der Waals surface area (Å²) in [4.78, 5) is 40.1.